The average molecular weight is 287 g/mol. The summed E-state index contributed by atoms with van der Waals surface area (Å²) in [7, 11) is 0. The van der Waals surface area contributed by atoms with Crippen LogP contribution in [0.25, 0.3) is 0 Å². The number of nitrogens with zero attached hydrogens (tertiary/aromatic N) is 1. The molecular weight excluding hydrogens is 278 g/mol. The zero-order valence-corrected chi connectivity index (χ0v) is 10.7. The van der Waals surface area contributed by atoms with Crippen molar-refractivity contribution in [3.63, 3.8) is 0 Å². The number of pyridine rings is 1. The van der Waals surface area contributed by atoms with Crippen LogP contribution in [0.1, 0.15) is 5.56 Å². The summed E-state index contributed by atoms with van der Waals surface area (Å²) >= 11 is 11.7. The van der Waals surface area contributed by atoms with E-state index >= 15 is 0 Å². The molecule has 0 spiro atoms. The molecule has 0 fully saturated rings. The van der Waals surface area contributed by atoms with Gasteiger partial charge in [-0.2, -0.15) is 0 Å². The molecular formula is C12H9Cl2FN2O. The van der Waals surface area contributed by atoms with Gasteiger partial charge in [-0.1, -0.05) is 23.2 Å². The molecule has 0 saturated heterocycles. The topological polar surface area (TPSA) is 48.1 Å². The van der Waals surface area contributed by atoms with Gasteiger partial charge in [0.25, 0.3) is 0 Å². The molecule has 3 nitrogen and oxygen atoms in total. The molecule has 2 rings (SSSR count). The lowest BCUT2D eigenvalue weighted by Crippen LogP contribution is -2.02. The zero-order valence-electron chi connectivity index (χ0n) is 9.16. The number of ether oxygens (including phenoxy) is 1. The smallest absolute Gasteiger partial charge is 0.166 e. The van der Waals surface area contributed by atoms with E-state index in [-0.39, 0.29) is 17.4 Å². The van der Waals surface area contributed by atoms with Gasteiger partial charge in [-0.05, 0) is 24.3 Å². The van der Waals surface area contributed by atoms with E-state index in [2.05, 4.69) is 4.98 Å². The average Bonchev–Trinajstić information content (AvgIpc) is 2.36. The standard InChI is InChI=1S/C12H9Cl2FN2O/c13-8-3-4-9(15)11(14)7(8)6-18-10-2-1-5-17-12(10)16/h1-5H,6H2,(H2,16,17). The van der Waals surface area contributed by atoms with Crippen LogP contribution in [0.5, 0.6) is 5.75 Å². The molecule has 1 heterocycles. The highest BCUT2D eigenvalue weighted by Crippen LogP contribution is 2.29. The van der Waals surface area contributed by atoms with Crippen molar-refractivity contribution in [3.05, 3.63) is 51.9 Å². The fraction of sp³-hybridized carbons (Fsp3) is 0.0833. The minimum Gasteiger partial charge on any atom is -0.485 e. The van der Waals surface area contributed by atoms with E-state index in [9.17, 15) is 4.39 Å². The summed E-state index contributed by atoms with van der Waals surface area (Å²) in [6.45, 7) is 0.0192. The molecule has 0 bridgehead atoms. The van der Waals surface area contributed by atoms with Crippen molar-refractivity contribution in [1.29, 1.82) is 0 Å². The SMILES string of the molecule is Nc1ncccc1OCc1c(Cl)ccc(F)c1Cl. The van der Waals surface area contributed by atoms with Gasteiger partial charge in [0.2, 0.25) is 0 Å². The number of hydrogen-bond donors (Lipinski definition) is 1. The zero-order chi connectivity index (χ0) is 13.1. The van der Waals surface area contributed by atoms with Crippen molar-refractivity contribution < 1.29 is 9.13 Å². The first-order valence-corrected chi connectivity index (χ1v) is 5.81. The maximum absolute atomic E-state index is 13.3. The largest absolute Gasteiger partial charge is 0.485 e. The molecule has 0 saturated carbocycles. The highest BCUT2D eigenvalue weighted by molar-refractivity contribution is 6.36. The van der Waals surface area contributed by atoms with Gasteiger partial charge >= 0.3 is 0 Å². The summed E-state index contributed by atoms with van der Waals surface area (Å²) in [4.78, 5) is 3.87. The van der Waals surface area contributed by atoms with Gasteiger partial charge in [-0.25, -0.2) is 9.37 Å². The minimum atomic E-state index is -0.543. The molecule has 0 aliphatic heterocycles. The van der Waals surface area contributed by atoms with Crippen molar-refractivity contribution in [2.75, 3.05) is 5.73 Å². The van der Waals surface area contributed by atoms with Crippen LogP contribution in [-0.2, 0) is 6.61 Å². The summed E-state index contributed by atoms with van der Waals surface area (Å²) in [5, 5.41) is 0.286. The van der Waals surface area contributed by atoms with Gasteiger partial charge in [0, 0.05) is 16.8 Å². The molecule has 1 aromatic carbocycles. The maximum Gasteiger partial charge on any atom is 0.166 e. The fourth-order valence-corrected chi connectivity index (χ4v) is 1.86. The maximum atomic E-state index is 13.3. The second-order valence-electron chi connectivity index (χ2n) is 3.50. The number of benzene rings is 1. The molecule has 0 aliphatic rings. The Hall–Kier alpha value is -1.52. The molecule has 0 radical (unpaired) electrons. The van der Waals surface area contributed by atoms with Crippen LogP contribution in [-0.4, -0.2) is 4.98 Å². The van der Waals surface area contributed by atoms with Crippen molar-refractivity contribution in [2.24, 2.45) is 0 Å². The van der Waals surface area contributed by atoms with Crippen LogP contribution in [0.2, 0.25) is 10.0 Å². The van der Waals surface area contributed by atoms with E-state index in [0.717, 1.165) is 0 Å². The molecule has 0 amide bonds. The molecule has 6 heteroatoms. The molecule has 18 heavy (non-hydrogen) atoms. The predicted molar refractivity (Wildman–Crippen MR) is 69.4 cm³/mol. The lowest BCUT2D eigenvalue weighted by molar-refractivity contribution is 0.306. The highest BCUT2D eigenvalue weighted by atomic mass is 35.5. The van der Waals surface area contributed by atoms with Gasteiger partial charge < -0.3 is 10.5 Å². The third-order valence-corrected chi connectivity index (χ3v) is 3.07. The first-order valence-electron chi connectivity index (χ1n) is 5.05. The van der Waals surface area contributed by atoms with E-state index in [1.54, 1.807) is 18.3 Å². The number of nitrogen functional groups attached to an aromatic ring is 1. The third-order valence-electron chi connectivity index (χ3n) is 2.31. The second kappa shape index (κ2) is 5.42. The Morgan fingerprint density at radius 2 is 2.06 bits per heavy atom. The summed E-state index contributed by atoms with van der Waals surface area (Å²) < 4.78 is 18.7. The van der Waals surface area contributed by atoms with Crippen LogP contribution in [0.3, 0.4) is 0 Å². The van der Waals surface area contributed by atoms with Gasteiger partial charge in [0.15, 0.2) is 11.6 Å². The van der Waals surface area contributed by atoms with Gasteiger partial charge in [0.1, 0.15) is 12.4 Å². The van der Waals surface area contributed by atoms with Crippen molar-refractivity contribution >= 4 is 29.0 Å². The van der Waals surface area contributed by atoms with E-state index < -0.39 is 5.82 Å². The van der Waals surface area contributed by atoms with Crippen LogP contribution in [0.4, 0.5) is 10.2 Å². The summed E-state index contributed by atoms with van der Waals surface area (Å²) in [5.41, 5.74) is 5.99. The number of anilines is 1. The Labute approximate surface area is 113 Å². The van der Waals surface area contributed by atoms with Crippen molar-refractivity contribution in [1.82, 2.24) is 4.98 Å². The third kappa shape index (κ3) is 2.66. The van der Waals surface area contributed by atoms with E-state index in [1.165, 1.54) is 12.1 Å². The minimum absolute atomic E-state index is 0.0192. The van der Waals surface area contributed by atoms with Crippen LogP contribution >= 0.6 is 23.2 Å². The Balaban J connectivity index is 2.21. The fourth-order valence-electron chi connectivity index (χ4n) is 1.38. The summed E-state index contributed by atoms with van der Waals surface area (Å²) in [5.74, 6) is 0.105. The normalized spacial score (nSPS) is 10.4. The number of hydrogen-bond acceptors (Lipinski definition) is 3. The monoisotopic (exact) mass is 286 g/mol. The Kier molecular flexibility index (Phi) is 3.89. The van der Waals surface area contributed by atoms with Crippen molar-refractivity contribution in [2.45, 2.75) is 6.61 Å². The molecule has 0 atom stereocenters. The lowest BCUT2D eigenvalue weighted by atomic mass is 10.2. The first-order chi connectivity index (χ1) is 8.59. The summed E-state index contributed by atoms with van der Waals surface area (Å²) in [6, 6.07) is 5.96. The quantitative estimate of drug-likeness (QED) is 0.876. The Bertz CT molecular complexity index is 578. The second-order valence-corrected chi connectivity index (χ2v) is 4.28. The molecule has 1 aromatic heterocycles. The first kappa shape index (κ1) is 12.9. The van der Waals surface area contributed by atoms with Gasteiger partial charge in [-0.15, -0.1) is 0 Å². The number of aromatic nitrogens is 1. The van der Waals surface area contributed by atoms with E-state index in [4.69, 9.17) is 33.7 Å². The van der Waals surface area contributed by atoms with Crippen LogP contribution in [0, 0.1) is 5.82 Å². The number of halogens is 3. The predicted octanol–water partition coefficient (Wildman–Crippen LogP) is 3.69. The molecule has 0 aliphatic carbocycles. The Morgan fingerprint density at radius 1 is 1.28 bits per heavy atom. The van der Waals surface area contributed by atoms with Crippen LogP contribution < -0.4 is 10.5 Å². The van der Waals surface area contributed by atoms with E-state index in [1.807, 2.05) is 0 Å². The van der Waals surface area contributed by atoms with E-state index in [0.29, 0.717) is 16.3 Å². The molecule has 94 valence electrons. The number of nitrogens with two attached hydrogens (primary N) is 1. The molecule has 0 unspecified atom stereocenters. The lowest BCUT2D eigenvalue weighted by Gasteiger charge is -2.10. The van der Waals surface area contributed by atoms with Crippen molar-refractivity contribution in [3.8, 4) is 5.75 Å². The van der Waals surface area contributed by atoms with Crippen LogP contribution in [0.15, 0.2) is 30.5 Å². The highest BCUT2D eigenvalue weighted by Gasteiger charge is 2.12. The summed E-state index contributed by atoms with van der Waals surface area (Å²) in [6.07, 6.45) is 1.55. The molecule has 2 N–H and O–H groups in total. The Morgan fingerprint density at radius 3 is 2.78 bits per heavy atom. The van der Waals surface area contributed by atoms with Gasteiger partial charge in [0.05, 0.1) is 5.02 Å². The van der Waals surface area contributed by atoms with Gasteiger partial charge in [-0.3, -0.25) is 0 Å². The number of rotatable bonds is 3. The molecule has 2 aromatic rings.